The molecule has 0 fully saturated rings. The summed E-state index contributed by atoms with van der Waals surface area (Å²) in [4.78, 5) is 20.5. The summed E-state index contributed by atoms with van der Waals surface area (Å²) in [5.74, 6) is -1.70. The molecule has 0 aliphatic carbocycles. The van der Waals surface area contributed by atoms with E-state index < -0.39 is 11.8 Å². The van der Waals surface area contributed by atoms with E-state index in [1.165, 1.54) is 11.9 Å². The Balaban J connectivity index is 3.50. The molecule has 0 aromatic rings. The van der Waals surface area contributed by atoms with Crippen LogP contribution in [0.5, 0.6) is 0 Å². The number of carbonyl (C=O) groups excluding carboxylic acids is 2. The molecule has 0 bridgehead atoms. The summed E-state index contributed by atoms with van der Waals surface area (Å²) < 4.78 is 2.28. The summed E-state index contributed by atoms with van der Waals surface area (Å²) in [6, 6.07) is 0. The molecule has 0 saturated heterocycles. The molecule has 58 valence electrons. The zero-order valence-electron chi connectivity index (χ0n) is 5.88. The van der Waals surface area contributed by atoms with Crippen LogP contribution in [0, 0.1) is 0 Å². The lowest BCUT2D eigenvalue weighted by atomic mass is 10.6. The van der Waals surface area contributed by atoms with Crippen LogP contribution < -0.4 is 10.5 Å². The molecule has 0 aromatic heterocycles. The van der Waals surface area contributed by atoms with Crippen LogP contribution in [0.15, 0.2) is 0 Å². The summed E-state index contributed by atoms with van der Waals surface area (Å²) >= 11 is 1.17. The first kappa shape index (κ1) is 9.29. The van der Waals surface area contributed by atoms with Crippen molar-refractivity contribution < 1.29 is 9.59 Å². The van der Waals surface area contributed by atoms with Gasteiger partial charge in [0.25, 0.3) is 0 Å². The number of nitrogens with one attached hydrogen (secondary N) is 1. The standard InChI is InChI=1S/C5H10N2O2S/c1-3(2)10-7-5(9)4(6)8/h3H,1-2H3,(H2,6,8)(H,7,9). The third kappa shape index (κ3) is 4.20. The van der Waals surface area contributed by atoms with Gasteiger partial charge >= 0.3 is 11.8 Å². The molecule has 4 nitrogen and oxygen atoms in total. The number of amides is 2. The van der Waals surface area contributed by atoms with Crippen molar-refractivity contribution in [1.29, 1.82) is 0 Å². The van der Waals surface area contributed by atoms with E-state index in [0.717, 1.165) is 0 Å². The van der Waals surface area contributed by atoms with Crippen LogP contribution >= 0.6 is 11.9 Å². The second-order valence-corrected chi connectivity index (χ2v) is 3.34. The highest BCUT2D eigenvalue weighted by molar-refractivity contribution is 7.98. The minimum Gasteiger partial charge on any atom is -0.361 e. The third-order valence-electron chi connectivity index (χ3n) is 0.611. The number of rotatable bonds is 2. The van der Waals surface area contributed by atoms with Crippen LogP contribution in [0.3, 0.4) is 0 Å². The zero-order chi connectivity index (χ0) is 8.15. The van der Waals surface area contributed by atoms with E-state index in [9.17, 15) is 9.59 Å². The molecular weight excluding hydrogens is 152 g/mol. The van der Waals surface area contributed by atoms with E-state index in [1.54, 1.807) is 0 Å². The van der Waals surface area contributed by atoms with Gasteiger partial charge in [0.05, 0.1) is 0 Å². The van der Waals surface area contributed by atoms with Gasteiger partial charge in [-0.05, 0) is 11.9 Å². The van der Waals surface area contributed by atoms with Gasteiger partial charge in [-0.15, -0.1) is 0 Å². The predicted molar refractivity (Wildman–Crippen MR) is 40.1 cm³/mol. The third-order valence-corrected chi connectivity index (χ3v) is 1.39. The maximum atomic E-state index is 10.4. The molecule has 0 rings (SSSR count). The highest BCUT2D eigenvalue weighted by atomic mass is 32.2. The van der Waals surface area contributed by atoms with Crippen molar-refractivity contribution in [2.75, 3.05) is 0 Å². The van der Waals surface area contributed by atoms with Crippen molar-refractivity contribution in [2.45, 2.75) is 19.1 Å². The van der Waals surface area contributed by atoms with Crippen molar-refractivity contribution in [1.82, 2.24) is 4.72 Å². The number of carbonyl (C=O) groups is 2. The average molecular weight is 162 g/mol. The fourth-order valence-corrected chi connectivity index (χ4v) is 0.665. The topological polar surface area (TPSA) is 72.2 Å². The predicted octanol–water partition coefficient (Wildman–Crippen LogP) is -0.356. The Morgan fingerprint density at radius 2 is 2.00 bits per heavy atom. The van der Waals surface area contributed by atoms with Crippen LogP contribution in [-0.4, -0.2) is 17.1 Å². The molecule has 2 amide bonds. The Morgan fingerprint density at radius 3 is 2.30 bits per heavy atom. The highest BCUT2D eigenvalue weighted by Gasteiger charge is 2.07. The first-order valence-corrected chi connectivity index (χ1v) is 3.67. The summed E-state index contributed by atoms with van der Waals surface area (Å²) in [7, 11) is 0. The number of primary amides is 1. The second kappa shape index (κ2) is 4.16. The smallest absolute Gasteiger partial charge is 0.318 e. The largest absolute Gasteiger partial charge is 0.361 e. The second-order valence-electron chi connectivity index (χ2n) is 1.96. The quantitative estimate of drug-likeness (QED) is 0.430. The van der Waals surface area contributed by atoms with Crippen LogP contribution in [0.25, 0.3) is 0 Å². The summed E-state index contributed by atoms with van der Waals surface area (Å²) in [6.07, 6.45) is 0. The van der Waals surface area contributed by atoms with Gasteiger partial charge < -0.3 is 5.73 Å². The normalized spacial score (nSPS) is 9.50. The highest BCUT2D eigenvalue weighted by Crippen LogP contribution is 2.01. The van der Waals surface area contributed by atoms with Crippen LogP contribution in [-0.2, 0) is 9.59 Å². The van der Waals surface area contributed by atoms with Crippen molar-refractivity contribution in [3.8, 4) is 0 Å². The summed E-state index contributed by atoms with van der Waals surface area (Å²) in [6.45, 7) is 3.79. The van der Waals surface area contributed by atoms with E-state index in [0.29, 0.717) is 0 Å². The fourth-order valence-electron chi connectivity index (χ4n) is 0.222. The van der Waals surface area contributed by atoms with Crippen molar-refractivity contribution >= 4 is 23.8 Å². The Morgan fingerprint density at radius 1 is 1.50 bits per heavy atom. The van der Waals surface area contributed by atoms with Crippen molar-refractivity contribution in [3.63, 3.8) is 0 Å². The molecule has 0 atom stereocenters. The first-order chi connectivity index (χ1) is 4.54. The molecule has 0 aromatic carbocycles. The Hall–Kier alpha value is -0.710. The molecule has 0 aliphatic rings. The molecule has 0 unspecified atom stereocenters. The van der Waals surface area contributed by atoms with Crippen LogP contribution in [0.1, 0.15) is 13.8 Å². The average Bonchev–Trinajstić information content (AvgIpc) is 1.82. The van der Waals surface area contributed by atoms with Gasteiger partial charge in [-0.1, -0.05) is 13.8 Å². The maximum Gasteiger partial charge on any atom is 0.318 e. The van der Waals surface area contributed by atoms with Crippen LogP contribution in [0.2, 0.25) is 0 Å². The SMILES string of the molecule is CC(C)SNC(=O)C(N)=O. The number of hydrogen-bond acceptors (Lipinski definition) is 3. The molecule has 10 heavy (non-hydrogen) atoms. The van der Waals surface area contributed by atoms with Crippen molar-refractivity contribution in [2.24, 2.45) is 5.73 Å². The minimum atomic E-state index is -0.951. The van der Waals surface area contributed by atoms with Gasteiger partial charge in [-0.3, -0.25) is 14.3 Å². The van der Waals surface area contributed by atoms with E-state index in [2.05, 4.69) is 10.5 Å². The lowest BCUT2D eigenvalue weighted by Crippen LogP contribution is -2.32. The fraction of sp³-hybridized carbons (Fsp3) is 0.600. The van der Waals surface area contributed by atoms with Crippen molar-refractivity contribution in [3.05, 3.63) is 0 Å². The lowest BCUT2D eigenvalue weighted by molar-refractivity contribution is -0.136. The first-order valence-electron chi connectivity index (χ1n) is 2.79. The molecule has 0 radical (unpaired) electrons. The Kier molecular flexibility index (Phi) is 3.87. The summed E-state index contributed by atoms with van der Waals surface area (Å²) in [5.41, 5.74) is 4.66. The Bertz CT molecular complexity index is 147. The van der Waals surface area contributed by atoms with Gasteiger partial charge in [0.2, 0.25) is 0 Å². The van der Waals surface area contributed by atoms with Crippen LogP contribution in [0.4, 0.5) is 0 Å². The van der Waals surface area contributed by atoms with E-state index in [-0.39, 0.29) is 5.25 Å². The molecule has 0 heterocycles. The lowest BCUT2D eigenvalue weighted by Gasteiger charge is -2.02. The Labute approximate surface area is 63.7 Å². The minimum absolute atomic E-state index is 0.253. The molecule has 5 heteroatoms. The molecule has 3 N–H and O–H groups in total. The van der Waals surface area contributed by atoms with E-state index >= 15 is 0 Å². The number of nitrogens with two attached hydrogens (primary N) is 1. The van der Waals surface area contributed by atoms with Gasteiger partial charge in [-0.2, -0.15) is 0 Å². The van der Waals surface area contributed by atoms with Gasteiger partial charge in [0, 0.05) is 5.25 Å². The van der Waals surface area contributed by atoms with E-state index in [1.807, 2.05) is 13.8 Å². The molecule has 0 spiro atoms. The molecule has 0 aliphatic heterocycles. The maximum absolute atomic E-state index is 10.4. The van der Waals surface area contributed by atoms with Gasteiger partial charge in [0.1, 0.15) is 0 Å². The monoisotopic (exact) mass is 162 g/mol. The van der Waals surface area contributed by atoms with Gasteiger partial charge in [-0.25, -0.2) is 0 Å². The molecule has 0 saturated carbocycles. The zero-order valence-corrected chi connectivity index (χ0v) is 6.70. The summed E-state index contributed by atoms with van der Waals surface area (Å²) in [5, 5.41) is 0.253. The molecular formula is C5H10N2O2S. The number of hydrogen-bond donors (Lipinski definition) is 2. The van der Waals surface area contributed by atoms with E-state index in [4.69, 9.17) is 0 Å². The van der Waals surface area contributed by atoms with Gasteiger partial charge in [0.15, 0.2) is 0 Å².